The van der Waals surface area contributed by atoms with Gasteiger partial charge in [-0.15, -0.1) is 0 Å². The van der Waals surface area contributed by atoms with Crippen LogP contribution in [0.15, 0.2) is 48.8 Å². The lowest BCUT2D eigenvalue weighted by molar-refractivity contribution is 0.413. The van der Waals surface area contributed by atoms with Gasteiger partial charge in [-0.25, -0.2) is 0 Å². The summed E-state index contributed by atoms with van der Waals surface area (Å²) in [5.41, 5.74) is 0.894. The average Bonchev–Trinajstić information content (AvgIpc) is 2.64. The highest BCUT2D eigenvalue weighted by Gasteiger charge is 2.00. The van der Waals surface area contributed by atoms with Crippen LogP contribution in [0, 0.1) is 0 Å². The van der Waals surface area contributed by atoms with Crippen LogP contribution in [0.1, 0.15) is 1.37 Å². The maximum atomic E-state index is 7.67. The van der Waals surface area contributed by atoms with Crippen LogP contribution in [0.25, 0.3) is 5.69 Å². The van der Waals surface area contributed by atoms with Crippen molar-refractivity contribution in [2.45, 2.75) is 0 Å². The minimum atomic E-state index is 0.453. The molecular weight excluding hydrogens is 162 g/mol. The third kappa shape index (κ3) is 1.43. The van der Waals surface area contributed by atoms with Gasteiger partial charge in [-0.2, -0.15) is 0 Å². The van der Waals surface area contributed by atoms with Crippen molar-refractivity contribution in [2.24, 2.45) is 0 Å². The minimum absolute atomic E-state index is 0.453. The van der Waals surface area contributed by atoms with Gasteiger partial charge >= 0.3 is 0 Å². The molecule has 1 aromatic heterocycles. The predicted molar refractivity (Wildman–Crippen MR) is 52.3 cm³/mol. The van der Waals surface area contributed by atoms with Gasteiger partial charge in [0.05, 0.1) is 14.2 Å². The first-order chi connectivity index (χ1) is 6.83. The van der Waals surface area contributed by atoms with E-state index in [0.29, 0.717) is 6.17 Å². The number of hydrogen-bond donors (Lipinski definition) is 0. The van der Waals surface area contributed by atoms with E-state index < -0.39 is 0 Å². The smallest absolute Gasteiger partial charge is 0.142 e. The first-order valence-corrected chi connectivity index (χ1v) is 4.10. The van der Waals surface area contributed by atoms with Crippen molar-refractivity contribution in [2.75, 3.05) is 7.11 Å². The van der Waals surface area contributed by atoms with Gasteiger partial charge in [0.25, 0.3) is 0 Å². The summed E-state index contributed by atoms with van der Waals surface area (Å²) in [7, 11) is 1.63. The van der Waals surface area contributed by atoms with Crippen molar-refractivity contribution >= 4 is 0 Å². The zero-order valence-electron chi connectivity index (χ0n) is 8.40. The Balaban J connectivity index is 2.56. The van der Waals surface area contributed by atoms with Crippen LogP contribution < -0.4 is 4.74 Å². The van der Waals surface area contributed by atoms with Crippen LogP contribution in [0.5, 0.6) is 5.75 Å². The summed E-state index contributed by atoms with van der Waals surface area (Å²) >= 11 is 0. The van der Waals surface area contributed by atoms with Gasteiger partial charge < -0.3 is 9.30 Å². The molecule has 0 bridgehead atoms. The molecule has 0 unspecified atom stereocenters. The van der Waals surface area contributed by atoms with Crippen molar-refractivity contribution in [1.29, 1.82) is 0 Å². The third-order valence-corrected chi connectivity index (χ3v) is 1.89. The number of aromatic nitrogens is 1. The Bertz CT molecular complexity index is 436. The van der Waals surface area contributed by atoms with Gasteiger partial charge in [0.1, 0.15) is 5.75 Å². The molecule has 1 aromatic carbocycles. The van der Waals surface area contributed by atoms with Crippen LogP contribution >= 0.6 is 0 Å². The van der Waals surface area contributed by atoms with Gasteiger partial charge in [-0.1, -0.05) is 12.1 Å². The molecule has 66 valence electrons. The first kappa shape index (κ1) is 6.78. The van der Waals surface area contributed by atoms with Crippen molar-refractivity contribution in [3.05, 3.63) is 48.8 Å². The fourth-order valence-corrected chi connectivity index (χ4v) is 1.27. The van der Waals surface area contributed by atoms with E-state index in [1.807, 2.05) is 36.5 Å². The van der Waals surface area contributed by atoms with E-state index in [0.717, 1.165) is 11.4 Å². The largest absolute Gasteiger partial charge is 0.495 e. The van der Waals surface area contributed by atoms with E-state index in [1.165, 1.54) is 0 Å². The van der Waals surface area contributed by atoms with Gasteiger partial charge in [-0.3, -0.25) is 0 Å². The molecule has 0 aliphatic carbocycles. The number of ether oxygens (including phenoxy) is 1. The van der Waals surface area contributed by atoms with E-state index in [9.17, 15) is 0 Å². The van der Waals surface area contributed by atoms with E-state index in [4.69, 9.17) is 6.11 Å². The van der Waals surface area contributed by atoms with Gasteiger partial charge in [-0.05, 0) is 24.3 Å². The summed E-state index contributed by atoms with van der Waals surface area (Å²) < 4.78 is 14.7. The van der Waals surface area contributed by atoms with Crippen LogP contribution in [0.4, 0.5) is 0 Å². The molecule has 0 aliphatic rings. The molecule has 1 heterocycles. The molecule has 0 saturated carbocycles. The summed E-state index contributed by atoms with van der Waals surface area (Å²) in [6.07, 6.45) is 2.30. The molecule has 0 amide bonds. The van der Waals surface area contributed by atoms with Crippen LogP contribution in [-0.2, 0) is 0 Å². The highest BCUT2D eigenvalue weighted by molar-refractivity contribution is 5.46. The molecule has 2 aromatic rings. The Morgan fingerprint density at radius 3 is 2.77 bits per heavy atom. The average molecular weight is 174 g/mol. The van der Waals surface area contributed by atoms with E-state index in [-0.39, 0.29) is 0 Å². The number of methoxy groups -OCH3 is 1. The summed E-state index contributed by atoms with van der Waals surface area (Å²) in [6, 6.07) is 11.2. The lowest BCUT2D eigenvalue weighted by Crippen LogP contribution is -1.94. The van der Waals surface area contributed by atoms with Crippen LogP contribution in [0.2, 0.25) is 0 Å². The lowest BCUT2D eigenvalue weighted by Gasteiger charge is -2.08. The molecule has 2 heteroatoms. The zero-order valence-corrected chi connectivity index (χ0v) is 7.40. The molecule has 2 rings (SSSR count). The Hall–Kier alpha value is -1.70. The molecule has 0 radical (unpaired) electrons. The monoisotopic (exact) mass is 174 g/mol. The number of rotatable bonds is 2. The Morgan fingerprint density at radius 2 is 2.08 bits per heavy atom. The molecule has 0 N–H and O–H groups in total. The van der Waals surface area contributed by atoms with Crippen molar-refractivity contribution in [1.82, 2.24) is 4.57 Å². The molecule has 0 saturated heterocycles. The Morgan fingerprint density at radius 1 is 1.23 bits per heavy atom. The van der Waals surface area contributed by atoms with Crippen molar-refractivity contribution in [3.63, 3.8) is 0 Å². The topological polar surface area (TPSA) is 14.2 Å². The highest BCUT2D eigenvalue weighted by atomic mass is 16.5. The van der Waals surface area contributed by atoms with E-state index in [1.54, 1.807) is 17.7 Å². The molecular formula is C11H11NO. The van der Waals surface area contributed by atoms with Crippen LogP contribution in [-0.4, -0.2) is 11.7 Å². The van der Waals surface area contributed by atoms with Gasteiger partial charge in [0.15, 0.2) is 0 Å². The second-order valence-electron chi connectivity index (χ2n) is 2.68. The van der Waals surface area contributed by atoms with E-state index in [2.05, 4.69) is 0 Å². The molecule has 0 spiro atoms. The molecule has 2 nitrogen and oxygen atoms in total. The number of benzene rings is 1. The molecule has 0 fully saturated rings. The lowest BCUT2D eigenvalue weighted by atomic mass is 10.3. The SMILES string of the molecule is [2H]c1cccn1-c1ccccc1OC. The third-order valence-electron chi connectivity index (χ3n) is 1.89. The van der Waals surface area contributed by atoms with Crippen molar-refractivity contribution in [3.8, 4) is 11.4 Å². The quantitative estimate of drug-likeness (QED) is 0.682. The second kappa shape index (κ2) is 3.35. The summed E-state index contributed by atoms with van der Waals surface area (Å²) in [5, 5.41) is 0. The van der Waals surface area contributed by atoms with Crippen molar-refractivity contribution < 1.29 is 6.11 Å². The van der Waals surface area contributed by atoms with Gasteiger partial charge in [0.2, 0.25) is 0 Å². The second-order valence-corrected chi connectivity index (χ2v) is 2.68. The first-order valence-electron chi connectivity index (χ1n) is 4.60. The summed E-state index contributed by atoms with van der Waals surface area (Å²) in [6.45, 7) is 0. The normalized spacial score (nSPS) is 11.0. The molecule has 0 aliphatic heterocycles. The fourth-order valence-electron chi connectivity index (χ4n) is 1.27. The number of nitrogens with zero attached hydrogens (tertiary/aromatic N) is 1. The fraction of sp³-hybridized carbons (Fsp3) is 0.0909. The number of hydrogen-bond acceptors (Lipinski definition) is 1. The highest BCUT2D eigenvalue weighted by Crippen LogP contribution is 2.21. The van der Waals surface area contributed by atoms with Gasteiger partial charge in [0, 0.05) is 12.4 Å². The molecule has 13 heavy (non-hydrogen) atoms. The number of para-hydroxylation sites is 2. The predicted octanol–water partition coefficient (Wildman–Crippen LogP) is 2.49. The Kier molecular flexibility index (Phi) is 1.75. The zero-order chi connectivity index (χ0) is 9.97. The summed E-state index contributed by atoms with van der Waals surface area (Å²) in [4.78, 5) is 0. The van der Waals surface area contributed by atoms with E-state index >= 15 is 0 Å². The Labute approximate surface area is 78.8 Å². The minimum Gasteiger partial charge on any atom is -0.495 e. The standard InChI is InChI=1S/C11H11NO/c1-13-11-7-3-2-6-10(11)12-8-4-5-9-12/h2-9H,1H3/i8D. The maximum absolute atomic E-state index is 7.67. The summed E-state index contributed by atoms with van der Waals surface area (Å²) in [5.74, 6) is 0.775. The van der Waals surface area contributed by atoms with Crippen LogP contribution in [0.3, 0.4) is 0 Å². The molecule has 0 atom stereocenters. The maximum Gasteiger partial charge on any atom is 0.142 e.